The molecular weight excluding hydrogens is 648 g/mol. The zero-order valence-electron chi connectivity index (χ0n) is 27.8. The largest absolute Gasteiger partial charge is 0.508 e. The second-order valence-corrected chi connectivity index (χ2v) is 11.7. The maximum absolute atomic E-state index is 14.4. The Morgan fingerprint density at radius 3 is 1.35 bits per heavy atom. The number of hydrogen-bond donors (Lipinski definition) is 2. The van der Waals surface area contributed by atoms with Crippen LogP contribution in [0, 0.1) is 0 Å². The summed E-state index contributed by atoms with van der Waals surface area (Å²) in [6, 6.07) is 39.2. The Bertz CT molecular complexity index is 1800. The van der Waals surface area contributed by atoms with Crippen LogP contribution in [0.15, 0.2) is 146 Å². The van der Waals surface area contributed by atoms with E-state index in [4.69, 9.17) is 14.2 Å². The molecule has 0 bridgehead atoms. The molecule has 10 nitrogen and oxygen atoms in total. The third-order valence-corrected chi connectivity index (χ3v) is 7.89. The molecule has 5 rings (SSSR count). The predicted molar refractivity (Wildman–Crippen MR) is 189 cm³/mol. The van der Waals surface area contributed by atoms with Gasteiger partial charge in [-0.15, -0.1) is 0 Å². The monoisotopic (exact) mass is 686 g/mol. The Kier molecular flexibility index (Phi) is 12.9. The minimum absolute atomic E-state index is 0.00904. The number of nitrogens with one attached hydrogen (secondary N) is 1. The highest BCUT2D eigenvalue weighted by Gasteiger charge is 2.39. The van der Waals surface area contributed by atoms with Crippen molar-refractivity contribution in [3.05, 3.63) is 173 Å². The van der Waals surface area contributed by atoms with Gasteiger partial charge in [-0.25, -0.2) is 14.4 Å². The maximum atomic E-state index is 14.4. The number of esters is 1. The summed E-state index contributed by atoms with van der Waals surface area (Å²) in [5.74, 6) is -1.54. The lowest BCUT2D eigenvalue weighted by atomic mass is 10.0. The number of phenolic OH excluding ortho intramolecular Hbond substituents is 1. The second-order valence-electron chi connectivity index (χ2n) is 11.7. The lowest BCUT2D eigenvalue weighted by Crippen LogP contribution is -2.56. The van der Waals surface area contributed by atoms with Crippen molar-refractivity contribution in [2.24, 2.45) is 0 Å². The molecule has 10 heteroatoms. The molecule has 0 aromatic heterocycles. The molecule has 0 heterocycles. The van der Waals surface area contributed by atoms with Gasteiger partial charge in [-0.3, -0.25) is 4.79 Å². The van der Waals surface area contributed by atoms with Crippen LogP contribution >= 0.6 is 0 Å². The topological polar surface area (TPSA) is 131 Å². The highest BCUT2D eigenvalue weighted by molar-refractivity contribution is 5.97. The molecule has 0 spiro atoms. The smallest absolute Gasteiger partial charge is 0.420 e. The number of carbonyl (C=O) groups is 4. The minimum Gasteiger partial charge on any atom is -0.508 e. The average Bonchev–Trinajstić information content (AvgIpc) is 3.17. The third-order valence-electron chi connectivity index (χ3n) is 7.89. The van der Waals surface area contributed by atoms with E-state index in [2.05, 4.69) is 5.32 Å². The van der Waals surface area contributed by atoms with E-state index in [0.29, 0.717) is 21.6 Å². The number of hydrogen-bond acceptors (Lipinski definition) is 8. The van der Waals surface area contributed by atoms with Crippen LogP contribution < -0.4 is 5.32 Å². The molecule has 0 fully saturated rings. The standard InChI is InChI=1S/C41H38N2O8/c44-35-23-21-31(22-24-35)26-37(38(45)42-36(25-30-13-5-1-6-14-30)39(46)49-27-32-15-7-2-8-16-32)43(40(47)50-28-33-17-9-3-10-18-33)41(48)51-29-34-19-11-4-12-20-34/h1-24,36-37,44H,25-29H2,(H,42,45). The Morgan fingerprint density at radius 1 is 0.510 bits per heavy atom. The molecular formula is C41H38N2O8. The molecule has 5 aromatic carbocycles. The van der Waals surface area contributed by atoms with E-state index in [9.17, 15) is 24.3 Å². The highest BCUT2D eigenvalue weighted by atomic mass is 16.6. The van der Waals surface area contributed by atoms with Crippen LogP contribution in [-0.2, 0) is 56.5 Å². The number of phenols is 1. The van der Waals surface area contributed by atoms with E-state index in [1.807, 2.05) is 72.8 Å². The number of nitrogens with zero attached hydrogens (tertiary/aromatic N) is 1. The van der Waals surface area contributed by atoms with Gasteiger partial charge in [0.15, 0.2) is 0 Å². The molecule has 5 aromatic rings. The lowest BCUT2D eigenvalue weighted by molar-refractivity contribution is -0.149. The summed E-state index contributed by atoms with van der Waals surface area (Å²) in [7, 11) is 0. The molecule has 0 saturated carbocycles. The van der Waals surface area contributed by atoms with E-state index in [1.54, 1.807) is 60.7 Å². The first-order valence-corrected chi connectivity index (χ1v) is 16.4. The lowest BCUT2D eigenvalue weighted by Gasteiger charge is -2.29. The van der Waals surface area contributed by atoms with Gasteiger partial charge in [0.25, 0.3) is 0 Å². The molecule has 3 amide bonds. The molecule has 260 valence electrons. The van der Waals surface area contributed by atoms with Crippen LogP contribution in [0.2, 0.25) is 0 Å². The van der Waals surface area contributed by atoms with E-state index >= 15 is 0 Å². The minimum atomic E-state index is -1.54. The average molecular weight is 687 g/mol. The van der Waals surface area contributed by atoms with Gasteiger partial charge in [-0.2, -0.15) is 4.90 Å². The van der Waals surface area contributed by atoms with Crippen molar-refractivity contribution in [1.29, 1.82) is 0 Å². The number of carbonyl (C=O) groups excluding carboxylic acids is 4. The van der Waals surface area contributed by atoms with Crippen molar-refractivity contribution < 1.29 is 38.5 Å². The third kappa shape index (κ3) is 11.0. The molecule has 0 aliphatic heterocycles. The van der Waals surface area contributed by atoms with Gasteiger partial charge < -0.3 is 24.6 Å². The van der Waals surface area contributed by atoms with E-state index in [1.165, 1.54) is 12.1 Å². The molecule has 2 N–H and O–H groups in total. The first-order valence-electron chi connectivity index (χ1n) is 16.4. The van der Waals surface area contributed by atoms with Crippen LogP contribution in [-0.4, -0.2) is 46.2 Å². The number of benzene rings is 5. The Morgan fingerprint density at radius 2 is 0.902 bits per heavy atom. The van der Waals surface area contributed by atoms with Crippen molar-refractivity contribution in [2.45, 2.75) is 44.7 Å². The molecule has 0 aliphatic carbocycles. The summed E-state index contributed by atoms with van der Waals surface area (Å²) in [5, 5.41) is 12.7. The summed E-state index contributed by atoms with van der Waals surface area (Å²) in [6.45, 7) is -0.391. The van der Waals surface area contributed by atoms with E-state index < -0.39 is 36.1 Å². The van der Waals surface area contributed by atoms with Gasteiger partial charge in [0.05, 0.1) is 0 Å². The van der Waals surface area contributed by atoms with Crippen molar-refractivity contribution >= 4 is 24.1 Å². The van der Waals surface area contributed by atoms with Crippen LogP contribution in [0.1, 0.15) is 27.8 Å². The van der Waals surface area contributed by atoms with Gasteiger partial charge in [0, 0.05) is 12.8 Å². The molecule has 0 saturated heterocycles. The summed E-state index contributed by atoms with van der Waals surface area (Å²) in [6.07, 6.45) is -2.36. The normalized spacial score (nSPS) is 11.8. The summed E-state index contributed by atoms with van der Waals surface area (Å²) in [4.78, 5) is 56.2. The van der Waals surface area contributed by atoms with Crippen LogP contribution in [0.3, 0.4) is 0 Å². The molecule has 2 atom stereocenters. The zero-order chi connectivity index (χ0) is 35.8. The SMILES string of the molecule is O=C(OCc1ccccc1)C(Cc1ccccc1)NC(=O)C(Cc1ccc(O)cc1)N(C(=O)OCc1ccccc1)C(=O)OCc1ccccc1. The van der Waals surface area contributed by atoms with Crippen LogP contribution in [0.4, 0.5) is 9.59 Å². The van der Waals surface area contributed by atoms with Crippen molar-refractivity contribution in [1.82, 2.24) is 10.2 Å². The van der Waals surface area contributed by atoms with E-state index in [-0.39, 0.29) is 38.4 Å². The number of amides is 3. The number of aromatic hydroxyl groups is 1. The van der Waals surface area contributed by atoms with Gasteiger partial charge in [-0.1, -0.05) is 133 Å². The zero-order valence-corrected chi connectivity index (χ0v) is 27.8. The summed E-state index contributed by atoms with van der Waals surface area (Å²) >= 11 is 0. The highest BCUT2D eigenvalue weighted by Crippen LogP contribution is 2.19. The Labute approximate surface area is 296 Å². The summed E-state index contributed by atoms with van der Waals surface area (Å²) in [5.41, 5.74) is 3.33. The number of imide groups is 1. The Hall–Kier alpha value is -6.42. The maximum Gasteiger partial charge on any atom is 0.420 e. The number of ether oxygens (including phenoxy) is 3. The fourth-order valence-corrected chi connectivity index (χ4v) is 5.20. The van der Waals surface area contributed by atoms with Crippen molar-refractivity contribution in [2.75, 3.05) is 0 Å². The Balaban J connectivity index is 1.45. The van der Waals surface area contributed by atoms with Crippen molar-refractivity contribution in [3.8, 4) is 5.75 Å². The number of rotatable bonds is 14. The summed E-state index contributed by atoms with van der Waals surface area (Å²) < 4.78 is 16.7. The van der Waals surface area contributed by atoms with E-state index in [0.717, 1.165) is 11.1 Å². The van der Waals surface area contributed by atoms with Crippen LogP contribution in [0.5, 0.6) is 5.75 Å². The molecule has 51 heavy (non-hydrogen) atoms. The van der Waals surface area contributed by atoms with Gasteiger partial charge >= 0.3 is 18.2 Å². The molecule has 2 unspecified atom stereocenters. The van der Waals surface area contributed by atoms with Crippen LogP contribution in [0.25, 0.3) is 0 Å². The predicted octanol–water partition coefficient (Wildman–Crippen LogP) is 6.75. The second kappa shape index (κ2) is 18.4. The van der Waals surface area contributed by atoms with Crippen molar-refractivity contribution in [3.63, 3.8) is 0 Å². The molecule has 0 radical (unpaired) electrons. The van der Waals surface area contributed by atoms with Gasteiger partial charge in [0.1, 0.15) is 37.7 Å². The first kappa shape index (κ1) is 35.9. The van der Waals surface area contributed by atoms with Gasteiger partial charge in [-0.05, 0) is 39.9 Å². The quantitative estimate of drug-likeness (QED) is 0.0969. The fourth-order valence-electron chi connectivity index (χ4n) is 5.20. The molecule has 0 aliphatic rings. The first-order chi connectivity index (χ1) is 24.9. The fraction of sp³-hybridized carbons (Fsp3) is 0.171. The van der Waals surface area contributed by atoms with Gasteiger partial charge in [0.2, 0.25) is 5.91 Å².